The number of aryl methyl sites for hydroxylation is 1. The van der Waals surface area contributed by atoms with Crippen molar-refractivity contribution >= 4 is 11.6 Å². The van der Waals surface area contributed by atoms with Crippen LogP contribution >= 0.6 is 0 Å². The lowest BCUT2D eigenvalue weighted by Gasteiger charge is -2.03. The minimum absolute atomic E-state index is 0.631. The molecule has 0 spiro atoms. The van der Waals surface area contributed by atoms with Gasteiger partial charge in [0.05, 0.1) is 7.11 Å². The topological polar surface area (TPSA) is 51.5 Å². The summed E-state index contributed by atoms with van der Waals surface area (Å²) in [6.45, 7) is 2.72. The predicted octanol–water partition coefficient (Wildman–Crippen LogP) is 2.66. The summed E-state index contributed by atoms with van der Waals surface area (Å²) >= 11 is 0. The van der Waals surface area contributed by atoms with E-state index in [0.29, 0.717) is 12.5 Å². The van der Waals surface area contributed by atoms with Crippen LogP contribution in [0.3, 0.4) is 0 Å². The SMILES string of the molecule is COc1ccc(CNc2nc3cc(C)ccn3n2)cc1. The number of fused-ring (bicyclic) bond motifs is 1. The molecule has 3 rings (SSSR count). The van der Waals surface area contributed by atoms with Gasteiger partial charge in [-0.05, 0) is 42.3 Å². The van der Waals surface area contributed by atoms with Crippen molar-refractivity contribution in [2.45, 2.75) is 13.5 Å². The molecule has 0 aliphatic rings. The zero-order chi connectivity index (χ0) is 13.9. The Morgan fingerprint density at radius 2 is 2.00 bits per heavy atom. The molecule has 1 aromatic carbocycles. The van der Waals surface area contributed by atoms with Crippen molar-refractivity contribution in [3.05, 3.63) is 53.7 Å². The predicted molar refractivity (Wildman–Crippen MR) is 78.0 cm³/mol. The van der Waals surface area contributed by atoms with Gasteiger partial charge in [0.15, 0.2) is 5.65 Å². The molecule has 0 unspecified atom stereocenters. The molecule has 0 bridgehead atoms. The molecule has 0 aliphatic carbocycles. The molecule has 2 heterocycles. The third-order valence-electron chi connectivity index (χ3n) is 3.10. The minimum atomic E-state index is 0.631. The molecule has 20 heavy (non-hydrogen) atoms. The van der Waals surface area contributed by atoms with Gasteiger partial charge in [-0.1, -0.05) is 12.1 Å². The molecule has 5 heteroatoms. The first-order chi connectivity index (χ1) is 9.74. The zero-order valence-electron chi connectivity index (χ0n) is 11.5. The summed E-state index contributed by atoms with van der Waals surface area (Å²) in [4.78, 5) is 4.44. The van der Waals surface area contributed by atoms with Gasteiger partial charge in [0.2, 0.25) is 5.95 Å². The van der Waals surface area contributed by atoms with E-state index in [-0.39, 0.29) is 0 Å². The van der Waals surface area contributed by atoms with Crippen molar-refractivity contribution in [3.8, 4) is 5.75 Å². The molecule has 0 atom stereocenters. The van der Waals surface area contributed by atoms with Gasteiger partial charge in [0, 0.05) is 12.7 Å². The van der Waals surface area contributed by atoms with Crippen LogP contribution in [0.25, 0.3) is 5.65 Å². The molecular weight excluding hydrogens is 252 g/mol. The van der Waals surface area contributed by atoms with Crippen LogP contribution in [0.15, 0.2) is 42.6 Å². The van der Waals surface area contributed by atoms with Crippen LogP contribution < -0.4 is 10.1 Å². The molecule has 0 saturated carbocycles. The second kappa shape index (κ2) is 5.21. The van der Waals surface area contributed by atoms with E-state index in [1.165, 1.54) is 5.56 Å². The van der Waals surface area contributed by atoms with E-state index in [9.17, 15) is 0 Å². The monoisotopic (exact) mass is 268 g/mol. The van der Waals surface area contributed by atoms with Crippen molar-refractivity contribution in [2.24, 2.45) is 0 Å². The van der Waals surface area contributed by atoms with Gasteiger partial charge < -0.3 is 10.1 Å². The maximum atomic E-state index is 5.13. The van der Waals surface area contributed by atoms with Gasteiger partial charge >= 0.3 is 0 Å². The van der Waals surface area contributed by atoms with Crippen molar-refractivity contribution in [1.82, 2.24) is 14.6 Å². The van der Waals surface area contributed by atoms with Crippen LogP contribution in [-0.4, -0.2) is 21.7 Å². The second-order valence-electron chi connectivity index (χ2n) is 4.64. The van der Waals surface area contributed by atoms with Crippen LogP contribution in [0.2, 0.25) is 0 Å². The molecule has 0 fully saturated rings. The Kier molecular flexibility index (Phi) is 3.25. The number of rotatable bonds is 4. The highest BCUT2D eigenvalue weighted by Crippen LogP contribution is 2.13. The number of aromatic nitrogens is 3. The highest BCUT2D eigenvalue weighted by atomic mass is 16.5. The van der Waals surface area contributed by atoms with Crippen molar-refractivity contribution in [2.75, 3.05) is 12.4 Å². The standard InChI is InChI=1S/C15H16N4O/c1-11-7-8-19-14(9-11)17-15(18-19)16-10-12-3-5-13(20-2)6-4-12/h3-9H,10H2,1-2H3,(H,16,18). The first kappa shape index (κ1) is 12.5. The van der Waals surface area contributed by atoms with Crippen molar-refractivity contribution in [3.63, 3.8) is 0 Å². The van der Waals surface area contributed by atoms with Gasteiger partial charge in [-0.3, -0.25) is 0 Å². The highest BCUT2D eigenvalue weighted by molar-refractivity contribution is 5.45. The van der Waals surface area contributed by atoms with E-state index in [4.69, 9.17) is 4.74 Å². The summed E-state index contributed by atoms with van der Waals surface area (Å²) in [6, 6.07) is 11.9. The minimum Gasteiger partial charge on any atom is -0.497 e. The van der Waals surface area contributed by atoms with Crippen LogP contribution in [0.4, 0.5) is 5.95 Å². The summed E-state index contributed by atoms with van der Waals surface area (Å²) < 4.78 is 6.90. The number of anilines is 1. The first-order valence-corrected chi connectivity index (χ1v) is 6.44. The van der Waals surface area contributed by atoms with E-state index in [1.54, 1.807) is 11.6 Å². The molecule has 0 amide bonds. The number of methoxy groups -OCH3 is 1. The molecule has 5 nitrogen and oxygen atoms in total. The first-order valence-electron chi connectivity index (χ1n) is 6.44. The molecule has 102 valence electrons. The normalized spacial score (nSPS) is 10.7. The van der Waals surface area contributed by atoms with Crippen LogP contribution in [0, 0.1) is 6.92 Å². The quantitative estimate of drug-likeness (QED) is 0.790. The second-order valence-corrected chi connectivity index (χ2v) is 4.64. The molecule has 2 aromatic heterocycles. The molecular formula is C15H16N4O. The maximum absolute atomic E-state index is 5.13. The van der Waals surface area contributed by atoms with Gasteiger partial charge in [-0.25, -0.2) is 4.52 Å². The number of hydrogen-bond donors (Lipinski definition) is 1. The smallest absolute Gasteiger partial charge is 0.243 e. The number of ether oxygens (including phenoxy) is 1. The Balaban J connectivity index is 1.72. The van der Waals surface area contributed by atoms with Crippen LogP contribution in [-0.2, 0) is 6.54 Å². The van der Waals surface area contributed by atoms with E-state index >= 15 is 0 Å². The Morgan fingerprint density at radius 1 is 1.20 bits per heavy atom. The third kappa shape index (κ3) is 2.56. The highest BCUT2D eigenvalue weighted by Gasteiger charge is 2.03. The van der Waals surface area contributed by atoms with Crippen LogP contribution in [0.1, 0.15) is 11.1 Å². The number of nitrogens with zero attached hydrogens (tertiary/aromatic N) is 3. The molecule has 0 saturated heterocycles. The summed E-state index contributed by atoms with van der Waals surface area (Å²) in [5.74, 6) is 1.49. The summed E-state index contributed by atoms with van der Waals surface area (Å²) in [7, 11) is 1.66. The fourth-order valence-electron chi connectivity index (χ4n) is 1.98. The number of pyridine rings is 1. The largest absolute Gasteiger partial charge is 0.497 e. The Morgan fingerprint density at radius 3 is 2.75 bits per heavy atom. The average molecular weight is 268 g/mol. The fourth-order valence-corrected chi connectivity index (χ4v) is 1.98. The molecule has 3 aromatic rings. The lowest BCUT2D eigenvalue weighted by Crippen LogP contribution is -2.01. The van der Waals surface area contributed by atoms with E-state index < -0.39 is 0 Å². The Labute approximate surface area is 117 Å². The van der Waals surface area contributed by atoms with Gasteiger partial charge in [0.25, 0.3) is 0 Å². The number of nitrogens with one attached hydrogen (secondary N) is 1. The summed E-state index contributed by atoms with van der Waals surface area (Å²) in [5.41, 5.74) is 3.18. The van der Waals surface area contributed by atoms with Gasteiger partial charge in [0.1, 0.15) is 5.75 Å². The van der Waals surface area contributed by atoms with E-state index in [1.807, 2.05) is 49.5 Å². The Hall–Kier alpha value is -2.56. The molecule has 1 N–H and O–H groups in total. The average Bonchev–Trinajstić information content (AvgIpc) is 2.87. The van der Waals surface area contributed by atoms with E-state index in [0.717, 1.165) is 17.0 Å². The lowest BCUT2D eigenvalue weighted by atomic mass is 10.2. The number of benzene rings is 1. The molecule has 0 aliphatic heterocycles. The van der Waals surface area contributed by atoms with Gasteiger partial charge in [-0.15, -0.1) is 5.10 Å². The maximum Gasteiger partial charge on any atom is 0.243 e. The Bertz CT molecular complexity index is 718. The number of hydrogen-bond acceptors (Lipinski definition) is 4. The van der Waals surface area contributed by atoms with Crippen molar-refractivity contribution < 1.29 is 4.74 Å². The third-order valence-corrected chi connectivity index (χ3v) is 3.10. The zero-order valence-corrected chi connectivity index (χ0v) is 11.5. The lowest BCUT2D eigenvalue weighted by molar-refractivity contribution is 0.414. The summed E-state index contributed by atoms with van der Waals surface area (Å²) in [6.07, 6.45) is 1.91. The van der Waals surface area contributed by atoms with Crippen molar-refractivity contribution in [1.29, 1.82) is 0 Å². The summed E-state index contributed by atoms with van der Waals surface area (Å²) in [5, 5.41) is 7.60. The van der Waals surface area contributed by atoms with Gasteiger partial charge in [-0.2, -0.15) is 4.98 Å². The fraction of sp³-hybridized carbons (Fsp3) is 0.200. The molecule has 0 radical (unpaired) electrons. The van der Waals surface area contributed by atoms with E-state index in [2.05, 4.69) is 15.4 Å². The van der Waals surface area contributed by atoms with Crippen LogP contribution in [0.5, 0.6) is 5.75 Å².